The number of aromatic nitrogens is 4. The van der Waals surface area contributed by atoms with E-state index in [1.54, 1.807) is 30.2 Å². The Hall–Kier alpha value is -5.32. The molecule has 0 spiro atoms. The highest BCUT2D eigenvalue weighted by Gasteiger charge is 2.36. The molecule has 1 unspecified atom stereocenters. The number of nitrogens with zero attached hydrogens (tertiary/aromatic N) is 6. The van der Waals surface area contributed by atoms with Gasteiger partial charge in [0.1, 0.15) is 46.3 Å². The summed E-state index contributed by atoms with van der Waals surface area (Å²) in [6.45, 7) is 6.75. The number of methoxy groups -OCH3 is 1. The quantitative estimate of drug-likeness (QED) is 0.227. The van der Waals surface area contributed by atoms with Crippen molar-refractivity contribution in [1.29, 1.82) is 0 Å². The van der Waals surface area contributed by atoms with Crippen molar-refractivity contribution in [1.82, 2.24) is 24.4 Å². The lowest BCUT2D eigenvalue weighted by atomic mass is 10.1. The molecule has 1 atom stereocenters. The third-order valence-corrected chi connectivity index (χ3v) is 8.00. The Balaban J connectivity index is 1.46. The number of nitrogens with one attached hydrogen (secondary N) is 1. The molecule has 0 aliphatic carbocycles. The average molecular weight is 608 g/mol. The summed E-state index contributed by atoms with van der Waals surface area (Å²) in [4.78, 5) is 45.5. The van der Waals surface area contributed by atoms with Gasteiger partial charge >= 0.3 is 0 Å². The molecule has 230 valence electrons. The Bertz CT molecular complexity index is 1910. The maximum atomic E-state index is 14.9. The molecule has 1 aliphatic rings. The minimum atomic E-state index is -0.636. The standard InChI is InChI=1S/C34H34FN7O3/c1-5-26(31-39-27-13-9-12-25(35)28(27)34(44)42(31)23-10-7-6-8-11-23)38-30-29-32(37-19-36-30)40(20-41(21(2)3)33(29)43)18-22-14-16-24(45-4)17-15-22/h6-17,19,21,26H,5,18,20H2,1-4H3,(H,36,37,38). The van der Waals surface area contributed by atoms with Gasteiger partial charge in [-0.25, -0.2) is 19.3 Å². The van der Waals surface area contributed by atoms with Crippen molar-refractivity contribution >= 4 is 28.4 Å². The number of amides is 1. The molecular formula is C34H34FN7O3. The van der Waals surface area contributed by atoms with E-state index in [9.17, 15) is 14.0 Å². The van der Waals surface area contributed by atoms with Crippen LogP contribution >= 0.6 is 0 Å². The molecule has 10 nitrogen and oxygen atoms in total. The zero-order valence-electron chi connectivity index (χ0n) is 25.6. The van der Waals surface area contributed by atoms with Crippen LogP contribution in [0.25, 0.3) is 16.6 Å². The summed E-state index contributed by atoms with van der Waals surface area (Å²) in [5.74, 6) is 1.14. The SMILES string of the molecule is CCC(Nc1ncnc2c1C(=O)N(C(C)C)CN2Cc1ccc(OC)cc1)c1nc2cccc(F)c2c(=O)n1-c1ccccc1. The van der Waals surface area contributed by atoms with E-state index in [4.69, 9.17) is 9.72 Å². The highest BCUT2D eigenvalue weighted by atomic mass is 19.1. The Labute approximate surface area is 260 Å². The predicted molar refractivity (Wildman–Crippen MR) is 171 cm³/mol. The van der Waals surface area contributed by atoms with Gasteiger partial charge in [0, 0.05) is 12.6 Å². The van der Waals surface area contributed by atoms with Crippen molar-refractivity contribution in [2.75, 3.05) is 24.0 Å². The molecule has 0 bridgehead atoms. The van der Waals surface area contributed by atoms with Crippen LogP contribution in [0.15, 0.2) is 83.9 Å². The molecule has 1 amide bonds. The van der Waals surface area contributed by atoms with E-state index < -0.39 is 17.4 Å². The smallest absolute Gasteiger partial charge is 0.269 e. The van der Waals surface area contributed by atoms with Crippen molar-refractivity contribution in [3.63, 3.8) is 0 Å². The van der Waals surface area contributed by atoms with Crippen LogP contribution in [-0.2, 0) is 6.54 Å². The molecule has 1 aliphatic heterocycles. The van der Waals surface area contributed by atoms with E-state index in [1.807, 2.05) is 68.1 Å². The topological polar surface area (TPSA) is 105 Å². The average Bonchev–Trinajstić information content (AvgIpc) is 3.05. The summed E-state index contributed by atoms with van der Waals surface area (Å²) >= 11 is 0. The molecule has 5 aromatic rings. The number of ether oxygens (including phenoxy) is 1. The first-order valence-corrected chi connectivity index (χ1v) is 14.9. The van der Waals surface area contributed by atoms with Gasteiger partial charge in [-0.1, -0.05) is 43.3 Å². The fourth-order valence-corrected chi connectivity index (χ4v) is 5.64. The summed E-state index contributed by atoms with van der Waals surface area (Å²) in [7, 11) is 1.63. The molecule has 0 saturated carbocycles. The zero-order chi connectivity index (χ0) is 31.7. The first kappa shape index (κ1) is 29.7. The molecule has 1 N–H and O–H groups in total. The minimum absolute atomic E-state index is 0.0839. The van der Waals surface area contributed by atoms with Crippen LogP contribution in [-0.4, -0.2) is 50.1 Å². The second kappa shape index (κ2) is 12.4. The van der Waals surface area contributed by atoms with Crippen LogP contribution in [0.1, 0.15) is 55.0 Å². The van der Waals surface area contributed by atoms with E-state index in [-0.39, 0.29) is 22.9 Å². The first-order valence-electron chi connectivity index (χ1n) is 14.9. The van der Waals surface area contributed by atoms with Crippen LogP contribution in [0.4, 0.5) is 16.0 Å². The van der Waals surface area contributed by atoms with E-state index in [0.29, 0.717) is 48.3 Å². The summed E-state index contributed by atoms with van der Waals surface area (Å²) in [5.41, 5.74) is 1.65. The molecule has 2 aromatic heterocycles. The van der Waals surface area contributed by atoms with E-state index in [0.717, 1.165) is 11.3 Å². The van der Waals surface area contributed by atoms with Crippen molar-refractivity contribution in [3.05, 3.63) is 112 Å². The number of halogens is 1. The number of para-hydroxylation sites is 1. The first-order chi connectivity index (χ1) is 21.8. The number of anilines is 2. The Morgan fingerprint density at radius 2 is 1.73 bits per heavy atom. The maximum absolute atomic E-state index is 14.9. The van der Waals surface area contributed by atoms with Crippen LogP contribution in [0, 0.1) is 5.82 Å². The van der Waals surface area contributed by atoms with Gasteiger partial charge in [0.2, 0.25) is 0 Å². The second-order valence-corrected chi connectivity index (χ2v) is 11.2. The van der Waals surface area contributed by atoms with Crippen molar-refractivity contribution in [3.8, 4) is 11.4 Å². The Morgan fingerprint density at radius 1 is 0.978 bits per heavy atom. The molecule has 0 fully saturated rings. The van der Waals surface area contributed by atoms with Crippen LogP contribution in [0.2, 0.25) is 0 Å². The number of carbonyl (C=O) groups is 1. The largest absolute Gasteiger partial charge is 0.497 e. The van der Waals surface area contributed by atoms with Crippen LogP contribution < -0.4 is 20.5 Å². The number of hydrogen-bond donors (Lipinski definition) is 1. The molecule has 45 heavy (non-hydrogen) atoms. The lowest BCUT2D eigenvalue weighted by molar-refractivity contribution is 0.0687. The molecular weight excluding hydrogens is 573 g/mol. The van der Waals surface area contributed by atoms with Gasteiger partial charge in [0.25, 0.3) is 11.5 Å². The number of fused-ring (bicyclic) bond motifs is 2. The molecule has 3 aromatic carbocycles. The van der Waals surface area contributed by atoms with Crippen LogP contribution in [0.5, 0.6) is 5.75 Å². The molecule has 6 rings (SSSR count). The fraction of sp³-hybridized carbons (Fsp3) is 0.265. The molecule has 3 heterocycles. The Kier molecular flexibility index (Phi) is 8.16. The fourth-order valence-electron chi connectivity index (χ4n) is 5.64. The third-order valence-electron chi connectivity index (χ3n) is 8.00. The van der Waals surface area contributed by atoms with Gasteiger partial charge in [-0.3, -0.25) is 14.2 Å². The highest BCUT2D eigenvalue weighted by molar-refractivity contribution is 6.05. The lowest BCUT2D eigenvalue weighted by Crippen LogP contribution is -2.50. The van der Waals surface area contributed by atoms with Gasteiger partial charge in [-0.2, -0.15) is 0 Å². The minimum Gasteiger partial charge on any atom is -0.497 e. The third kappa shape index (κ3) is 5.57. The summed E-state index contributed by atoms with van der Waals surface area (Å²) < 4.78 is 21.7. The van der Waals surface area contributed by atoms with E-state index in [2.05, 4.69) is 15.3 Å². The van der Waals surface area contributed by atoms with E-state index >= 15 is 0 Å². The number of hydrogen-bond acceptors (Lipinski definition) is 8. The predicted octanol–water partition coefficient (Wildman–Crippen LogP) is 5.71. The Morgan fingerprint density at radius 3 is 2.42 bits per heavy atom. The van der Waals surface area contributed by atoms with Crippen molar-refractivity contribution in [2.45, 2.75) is 45.8 Å². The summed E-state index contributed by atoms with van der Waals surface area (Å²) in [5, 5.41) is 3.33. The number of benzene rings is 3. The van der Waals surface area contributed by atoms with Crippen LogP contribution in [0.3, 0.4) is 0 Å². The van der Waals surface area contributed by atoms with E-state index in [1.165, 1.54) is 23.0 Å². The van der Waals surface area contributed by atoms with Crippen molar-refractivity contribution in [2.24, 2.45) is 0 Å². The highest BCUT2D eigenvalue weighted by Crippen LogP contribution is 2.34. The molecule has 11 heteroatoms. The molecule has 0 saturated heterocycles. The normalized spacial score (nSPS) is 13.7. The van der Waals surface area contributed by atoms with Gasteiger partial charge in [0.05, 0.1) is 31.0 Å². The second-order valence-electron chi connectivity index (χ2n) is 11.2. The van der Waals surface area contributed by atoms with Gasteiger partial charge in [-0.05, 0) is 62.2 Å². The summed E-state index contributed by atoms with van der Waals surface area (Å²) in [6, 6.07) is 20.6. The maximum Gasteiger partial charge on any atom is 0.269 e. The molecule has 0 radical (unpaired) electrons. The van der Waals surface area contributed by atoms with Gasteiger partial charge in [-0.15, -0.1) is 0 Å². The zero-order valence-corrected chi connectivity index (χ0v) is 25.6. The number of rotatable bonds is 9. The van der Waals surface area contributed by atoms with Gasteiger partial charge < -0.3 is 19.9 Å². The number of carbonyl (C=O) groups excluding carboxylic acids is 1. The summed E-state index contributed by atoms with van der Waals surface area (Å²) in [6.07, 6.45) is 1.91. The van der Waals surface area contributed by atoms with Crippen molar-refractivity contribution < 1.29 is 13.9 Å². The lowest BCUT2D eigenvalue weighted by Gasteiger charge is -2.39. The monoisotopic (exact) mass is 607 g/mol. The van der Waals surface area contributed by atoms with Gasteiger partial charge in [0.15, 0.2) is 0 Å².